The van der Waals surface area contributed by atoms with Crippen LogP contribution in [-0.4, -0.2) is 45.4 Å². The smallest absolute Gasteiger partial charge is 0.326 e. The number of hydrogen-bond donors (Lipinski definition) is 1. The van der Waals surface area contributed by atoms with E-state index in [0.717, 1.165) is 5.56 Å². The molecule has 0 bridgehead atoms. The topological polar surface area (TPSA) is 63.4 Å². The Morgan fingerprint density at radius 2 is 1.71 bits per heavy atom. The van der Waals surface area contributed by atoms with Crippen molar-refractivity contribution >= 4 is 9.84 Å². The molecular formula is C13H19F3N2O2S. The fourth-order valence-corrected chi connectivity index (χ4v) is 2.99. The predicted octanol–water partition coefficient (Wildman–Crippen LogP) is 1.80. The second kappa shape index (κ2) is 7.24. The molecule has 1 aromatic carbocycles. The Balaban J connectivity index is 2.56. The van der Waals surface area contributed by atoms with Gasteiger partial charge in [-0.3, -0.25) is 0 Å². The van der Waals surface area contributed by atoms with E-state index in [-0.39, 0.29) is 23.7 Å². The van der Waals surface area contributed by atoms with E-state index in [1.54, 1.807) is 12.1 Å². The summed E-state index contributed by atoms with van der Waals surface area (Å²) in [6.45, 7) is 0.155. The van der Waals surface area contributed by atoms with Crippen LogP contribution in [0.25, 0.3) is 0 Å². The zero-order valence-electron chi connectivity index (χ0n) is 11.7. The summed E-state index contributed by atoms with van der Waals surface area (Å²) in [6.07, 6.45) is -5.18. The Morgan fingerprint density at radius 1 is 1.14 bits per heavy atom. The summed E-state index contributed by atoms with van der Waals surface area (Å²) < 4.78 is 60.3. The van der Waals surface area contributed by atoms with Crippen LogP contribution in [0.1, 0.15) is 12.0 Å². The molecule has 0 aromatic heterocycles. The summed E-state index contributed by atoms with van der Waals surface area (Å²) in [4.78, 5) is 1.52. The number of benzene rings is 1. The molecular weight excluding hydrogens is 305 g/mol. The molecule has 0 fully saturated rings. The molecule has 0 saturated carbocycles. The van der Waals surface area contributed by atoms with Crippen molar-refractivity contribution in [2.24, 2.45) is 5.73 Å². The summed E-state index contributed by atoms with van der Waals surface area (Å²) >= 11 is 0. The third-order valence-electron chi connectivity index (χ3n) is 3.04. The molecule has 0 radical (unpaired) electrons. The lowest BCUT2D eigenvalue weighted by molar-refractivity contribution is -0.137. The third kappa shape index (κ3) is 6.45. The highest BCUT2D eigenvalue weighted by molar-refractivity contribution is 7.91. The van der Waals surface area contributed by atoms with Crippen LogP contribution in [0.4, 0.5) is 13.2 Å². The molecule has 21 heavy (non-hydrogen) atoms. The first-order chi connectivity index (χ1) is 9.64. The van der Waals surface area contributed by atoms with Gasteiger partial charge in [0, 0.05) is 19.6 Å². The van der Waals surface area contributed by atoms with E-state index in [9.17, 15) is 21.6 Å². The summed E-state index contributed by atoms with van der Waals surface area (Å²) in [5.41, 5.74) is 6.24. The zero-order chi connectivity index (χ0) is 16.1. The first-order valence-corrected chi connectivity index (χ1v) is 8.06. The van der Waals surface area contributed by atoms with Gasteiger partial charge in [0.2, 0.25) is 0 Å². The van der Waals surface area contributed by atoms with Gasteiger partial charge in [0.15, 0.2) is 9.84 Å². The monoisotopic (exact) mass is 324 g/mol. The van der Waals surface area contributed by atoms with Crippen LogP contribution < -0.4 is 5.73 Å². The Morgan fingerprint density at radius 3 is 2.19 bits per heavy atom. The van der Waals surface area contributed by atoms with Gasteiger partial charge in [0.05, 0.1) is 17.1 Å². The maximum atomic E-state index is 12.1. The van der Waals surface area contributed by atoms with E-state index in [2.05, 4.69) is 0 Å². The molecule has 0 saturated heterocycles. The van der Waals surface area contributed by atoms with Gasteiger partial charge in [-0.15, -0.1) is 0 Å². The lowest BCUT2D eigenvalue weighted by Gasteiger charge is -2.17. The van der Waals surface area contributed by atoms with Crippen molar-refractivity contribution in [2.45, 2.75) is 24.0 Å². The van der Waals surface area contributed by atoms with Crippen LogP contribution in [0.2, 0.25) is 0 Å². The SMILES string of the molecule is CN(CCC(F)(F)F)CCS(=O)(=O)c1ccc(CN)cc1. The van der Waals surface area contributed by atoms with Crippen LogP contribution in [0.15, 0.2) is 29.2 Å². The normalized spacial score (nSPS) is 12.9. The Bertz CT molecular complexity index is 542. The van der Waals surface area contributed by atoms with Crippen molar-refractivity contribution in [1.82, 2.24) is 4.90 Å². The van der Waals surface area contributed by atoms with Crippen LogP contribution in [0, 0.1) is 0 Å². The predicted molar refractivity (Wildman–Crippen MR) is 74.6 cm³/mol. The summed E-state index contributed by atoms with van der Waals surface area (Å²) in [5, 5.41) is 0. The fraction of sp³-hybridized carbons (Fsp3) is 0.538. The van der Waals surface area contributed by atoms with Gasteiger partial charge in [0.25, 0.3) is 0 Å². The van der Waals surface area contributed by atoms with E-state index < -0.39 is 22.4 Å². The standard InChI is InChI=1S/C13H19F3N2O2S/c1-18(7-6-13(14,15)16)8-9-21(19,20)12-4-2-11(10-17)3-5-12/h2-5H,6-10,17H2,1H3. The average molecular weight is 324 g/mol. The van der Waals surface area contributed by atoms with Gasteiger partial charge >= 0.3 is 6.18 Å². The maximum Gasteiger partial charge on any atom is 0.390 e. The second-order valence-electron chi connectivity index (χ2n) is 4.84. The quantitative estimate of drug-likeness (QED) is 0.831. The van der Waals surface area contributed by atoms with E-state index in [1.165, 1.54) is 24.1 Å². The van der Waals surface area contributed by atoms with E-state index in [0.29, 0.717) is 6.54 Å². The number of sulfone groups is 1. The van der Waals surface area contributed by atoms with Crippen LogP contribution in [0.5, 0.6) is 0 Å². The summed E-state index contributed by atoms with van der Waals surface area (Å²) in [7, 11) is -2.03. The van der Waals surface area contributed by atoms with E-state index >= 15 is 0 Å². The molecule has 0 aliphatic heterocycles. The molecule has 1 rings (SSSR count). The maximum absolute atomic E-state index is 12.1. The highest BCUT2D eigenvalue weighted by atomic mass is 32.2. The molecule has 1 aromatic rings. The number of nitrogens with zero attached hydrogens (tertiary/aromatic N) is 1. The van der Waals surface area contributed by atoms with Crippen LogP contribution in [0.3, 0.4) is 0 Å². The number of hydrogen-bond acceptors (Lipinski definition) is 4. The van der Waals surface area contributed by atoms with Gasteiger partial charge in [-0.1, -0.05) is 12.1 Å². The van der Waals surface area contributed by atoms with Crippen molar-refractivity contribution in [3.63, 3.8) is 0 Å². The first kappa shape index (κ1) is 17.9. The van der Waals surface area contributed by atoms with Crippen molar-refractivity contribution in [3.8, 4) is 0 Å². The molecule has 8 heteroatoms. The largest absolute Gasteiger partial charge is 0.390 e. The van der Waals surface area contributed by atoms with Gasteiger partial charge < -0.3 is 10.6 Å². The summed E-state index contributed by atoms with van der Waals surface area (Å²) in [6, 6.07) is 6.18. The Kier molecular flexibility index (Phi) is 6.18. The second-order valence-corrected chi connectivity index (χ2v) is 6.94. The fourth-order valence-electron chi connectivity index (χ4n) is 1.66. The van der Waals surface area contributed by atoms with Crippen molar-refractivity contribution < 1.29 is 21.6 Å². The van der Waals surface area contributed by atoms with Gasteiger partial charge in [-0.25, -0.2) is 8.42 Å². The lowest BCUT2D eigenvalue weighted by atomic mass is 10.2. The van der Waals surface area contributed by atoms with Crippen molar-refractivity contribution in [3.05, 3.63) is 29.8 Å². The molecule has 0 heterocycles. The number of rotatable bonds is 7. The molecule has 0 spiro atoms. The van der Waals surface area contributed by atoms with E-state index in [4.69, 9.17) is 5.73 Å². The first-order valence-electron chi connectivity index (χ1n) is 6.41. The average Bonchev–Trinajstić information content (AvgIpc) is 2.42. The van der Waals surface area contributed by atoms with Crippen molar-refractivity contribution in [1.29, 1.82) is 0 Å². The molecule has 0 atom stereocenters. The number of nitrogens with two attached hydrogens (primary N) is 1. The zero-order valence-corrected chi connectivity index (χ0v) is 12.5. The Labute approximate surface area is 122 Å². The molecule has 0 aliphatic rings. The molecule has 0 amide bonds. The van der Waals surface area contributed by atoms with Crippen LogP contribution in [-0.2, 0) is 16.4 Å². The number of halogens is 3. The lowest BCUT2D eigenvalue weighted by Crippen LogP contribution is -2.29. The minimum Gasteiger partial charge on any atom is -0.326 e. The third-order valence-corrected chi connectivity index (χ3v) is 4.75. The highest BCUT2D eigenvalue weighted by Gasteiger charge is 2.27. The van der Waals surface area contributed by atoms with Crippen LogP contribution >= 0.6 is 0 Å². The van der Waals surface area contributed by atoms with E-state index in [1.807, 2.05) is 0 Å². The molecule has 0 aliphatic carbocycles. The minimum atomic E-state index is -4.23. The molecule has 0 unspecified atom stereocenters. The van der Waals surface area contributed by atoms with Crippen molar-refractivity contribution in [2.75, 3.05) is 25.9 Å². The molecule has 2 N–H and O–H groups in total. The summed E-state index contributed by atoms with van der Waals surface area (Å²) in [5.74, 6) is -0.219. The van der Waals surface area contributed by atoms with Gasteiger partial charge in [-0.2, -0.15) is 13.2 Å². The highest BCUT2D eigenvalue weighted by Crippen LogP contribution is 2.19. The van der Waals surface area contributed by atoms with Gasteiger partial charge in [0.1, 0.15) is 0 Å². The van der Waals surface area contributed by atoms with Gasteiger partial charge in [-0.05, 0) is 24.7 Å². The number of alkyl halides is 3. The molecule has 120 valence electrons. The Hall–Kier alpha value is -1.12. The molecule has 4 nitrogen and oxygen atoms in total. The minimum absolute atomic E-state index is 0.0526.